The third-order valence-corrected chi connectivity index (χ3v) is 7.60. The van der Waals surface area contributed by atoms with Crippen LogP contribution in [0.15, 0.2) is 29.2 Å². The summed E-state index contributed by atoms with van der Waals surface area (Å²) in [5, 5.41) is 0. The van der Waals surface area contributed by atoms with Gasteiger partial charge in [0, 0.05) is 12.1 Å². The maximum atomic E-state index is 13.5. The first-order chi connectivity index (χ1) is 12.1. The first-order valence-corrected chi connectivity index (χ1v) is 11.3. The fourth-order valence-electron chi connectivity index (χ4n) is 4.36. The van der Waals surface area contributed by atoms with Crippen LogP contribution < -0.4 is 4.74 Å². The molecule has 5 heteroatoms. The van der Waals surface area contributed by atoms with Crippen LogP contribution in [0.1, 0.15) is 71.1 Å². The van der Waals surface area contributed by atoms with Crippen molar-refractivity contribution in [3.8, 4) is 5.75 Å². The average molecular weight is 366 g/mol. The van der Waals surface area contributed by atoms with Crippen molar-refractivity contribution in [2.75, 3.05) is 6.61 Å². The zero-order valence-electron chi connectivity index (χ0n) is 15.3. The van der Waals surface area contributed by atoms with Crippen molar-refractivity contribution in [1.29, 1.82) is 0 Å². The average Bonchev–Trinajstić information content (AvgIpc) is 2.64. The van der Waals surface area contributed by atoms with E-state index < -0.39 is 10.0 Å². The van der Waals surface area contributed by atoms with Crippen LogP contribution in [-0.4, -0.2) is 31.4 Å². The quantitative estimate of drug-likeness (QED) is 0.731. The first-order valence-electron chi connectivity index (χ1n) is 9.89. The predicted octanol–water partition coefficient (Wildman–Crippen LogP) is 4.74. The second-order valence-electron chi connectivity index (χ2n) is 7.32. The summed E-state index contributed by atoms with van der Waals surface area (Å²) in [6, 6.07) is 7.31. The van der Waals surface area contributed by atoms with Gasteiger partial charge < -0.3 is 4.74 Å². The molecule has 0 heterocycles. The molecule has 0 unspecified atom stereocenters. The van der Waals surface area contributed by atoms with E-state index >= 15 is 0 Å². The van der Waals surface area contributed by atoms with Gasteiger partial charge in [-0.15, -0.1) is 0 Å². The highest BCUT2D eigenvalue weighted by atomic mass is 32.2. The molecule has 3 rings (SSSR count). The van der Waals surface area contributed by atoms with E-state index in [4.69, 9.17) is 4.74 Å². The molecular weight excluding hydrogens is 334 g/mol. The fraction of sp³-hybridized carbons (Fsp3) is 0.700. The van der Waals surface area contributed by atoms with E-state index in [-0.39, 0.29) is 12.1 Å². The summed E-state index contributed by atoms with van der Waals surface area (Å²) in [6.45, 7) is 2.51. The number of nitrogens with zero attached hydrogens (tertiary/aromatic N) is 1. The Labute approximate surface area is 152 Å². The largest absolute Gasteiger partial charge is 0.494 e. The Balaban J connectivity index is 1.89. The zero-order valence-corrected chi connectivity index (χ0v) is 16.1. The van der Waals surface area contributed by atoms with E-state index in [2.05, 4.69) is 0 Å². The molecule has 25 heavy (non-hydrogen) atoms. The van der Waals surface area contributed by atoms with Gasteiger partial charge in [-0.3, -0.25) is 0 Å². The molecule has 0 radical (unpaired) electrons. The second kappa shape index (κ2) is 8.54. The molecule has 1 aromatic rings. The van der Waals surface area contributed by atoms with Crippen molar-refractivity contribution in [3.05, 3.63) is 24.3 Å². The summed E-state index contributed by atoms with van der Waals surface area (Å²) >= 11 is 0. The minimum absolute atomic E-state index is 0.174. The summed E-state index contributed by atoms with van der Waals surface area (Å²) in [5.41, 5.74) is 0. The van der Waals surface area contributed by atoms with Gasteiger partial charge in [0.25, 0.3) is 0 Å². The molecule has 0 aliphatic heterocycles. The Morgan fingerprint density at radius 1 is 0.880 bits per heavy atom. The summed E-state index contributed by atoms with van der Waals surface area (Å²) in [7, 11) is -3.45. The summed E-state index contributed by atoms with van der Waals surface area (Å²) in [4.78, 5) is 0.409. The van der Waals surface area contributed by atoms with Crippen LogP contribution >= 0.6 is 0 Å². The van der Waals surface area contributed by atoms with E-state index in [1.807, 2.05) is 11.2 Å². The highest BCUT2D eigenvalue weighted by molar-refractivity contribution is 7.89. The number of ether oxygens (including phenoxy) is 1. The lowest BCUT2D eigenvalue weighted by molar-refractivity contribution is 0.169. The molecule has 0 N–H and O–H groups in total. The van der Waals surface area contributed by atoms with Crippen molar-refractivity contribution in [2.24, 2.45) is 0 Å². The highest BCUT2D eigenvalue weighted by Gasteiger charge is 2.38. The van der Waals surface area contributed by atoms with E-state index in [1.165, 1.54) is 12.8 Å². The maximum Gasteiger partial charge on any atom is 0.243 e. The monoisotopic (exact) mass is 365 g/mol. The predicted molar refractivity (Wildman–Crippen MR) is 100 cm³/mol. The summed E-state index contributed by atoms with van der Waals surface area (Å²) in [5.74, 6) is 0.725. The Kier molecular flexibility index (Phi) is 6.39. The lowest BCUT2D eigenvalue weighted by Crippen LogP contribution is -2.48. The van der Waals surface area contributed by atoms with Crippen LogP contribution in [0.5, 0.6) is 5.75 Å². The Hall–Kier alpha value is -1.07. The maximum absolute atomic E-state index is 13.5. The van der Waals surface area contributed by atoms with Gasteiger partial charge in [-0.1, -0.05) is 38.5 Å². The van der Waals surface area contributed by atoms with Gasteiger partial charge >= 0.3 is 0 Å². The van der Waals surface area contributed by atoms with Crippen LogP contribution in [0.2, 0.25) is 0 Å². The Bertz CT molecular complexity index is 611. The van der Waals surface area contributed by atoms with Crippen LogP contribution in [0.4, 0.5) is 0 Å². The third-order valence-electron chi connectivity index (χ3n) is 5.58. The van der Waals surface area contributed by atoms with Gasteiger partial charge in [-0.25, -0.2) is 8.42 Å². The number of benzene rings is 1. The van der Waals surface area contributed by atoms with Crippen LogP contribution in [-0.2, 0) is 10.0 Å². The Morgan fingerprint density at radius 2 is 1.36 bits per heavy atom. The number of sulfonamides is 1. The lowest BCUT2D eigenvalue weighted by atomic mass is 9.91. The molecule has 0 bridgehead atoms. The van der Waals surface area contributed by atoms with Crippen molar-refractivity contribution in [2.45, 2.75) is 88.1 Å². The van der Waals surface area contributed by atoms with Crippen molar-refractivity contribution >= 4 is 10.0 Å². The highest BCUT2D eigenvalue weighted by Crippen LogP contribution is 2.35. The molecule has 2 aliphatic carbocycles. The van der Waals surface area contributed by atoms with Gasteiger partial charge in [0.1, 0.15) is 5.75 Å². The molecule has 140 valence electrons. The van der Waals surface area contributed by atoms with E-state index in [0.717, 1.165) is 57.1 Å². The molecule has 0 aromatic heterocycles. The van der Waals surface area contributed by atoms with Crippen molar-refractivity contribution < 1.29 is 13.2 Å². The topological polar surface area (TPSA) is 46.6 Å². The number of rotatable bonds is 6. The molecule has 0 saturated heterocycles. The second-order valence-corrected chi connectivity index (χ2v) is 9.17. The van der Waals surface area contributed by atoms with Gasteiger partial charge in [0.15, 0.2) is 0 Å². The van der Waals surface area contributed by atoms with Gasteiger partial charge in [0.05, 0.1) is 11.5 Å². The minimum Gasteiger partial charge on any atom is -0.494 e. The lowest BCUT2D eigenvalue weighted by Gasteiger charge is -2.40. The van der Waals surface area contributed by atoms with Gasteiger partial charge in [-0.05, 0) is 56.9 Å². The molecule has 2 aliphatic rings. The van der Waals surface area contributed by atoms with Crippen LogP contribution in [0.3, 0.4) is 0 Å². The number of hydrogen-bond acceptors (Lipinski definition) is 3. The molecule has 1 aromatic carbocycles. The molecule has 4 nitrogen and oxygen atoms in total. The molecule has 0 spiro atoms. The van der Waals surface area contributed by atoms with E-state index in [9.17, 15) is 8.42 Å². The molecule has 2 fully saturated rings. The number of hydrogen-bond donors (Lipinski definition) is 0. The Morgan fingerprint density at radius 3 is 1.80 bits per heavy atom. The first kappa shape index (κ1) is 18.7. The molecule has 2 saturated carbocycles. The summed E-state index contributed by atoms with van der Waals surface area (Å²) in [6.07, 6.45) is 11.1. The van der Waals surface area contributed by atoms with E-state index in [0.29, 0.717) is 11.5 Å². The third kappa shape index (κ3) is 4.37. The molecular formula is C20H31NO3S. The van der Waals surface area contributed by atoms with Crippen LogP contribution in [0, 0.1) is 0 Å². The van der Waals surface area contributed by atoms with E-state index in [1.54, 1.807) is 24.3 Å². The van der Waals surface area contributed by atoms with Crippen molar-refractivity contribution in [1.82, 2.24) is 4.31 Å². The van der Waals surface area contributed by atoms with Crippen molar-refractivity contribution in [3.63, 3.8) is 0 Å². The minimum atomic E-state index is -3.45. The standard InChI is InChI=1S/C20H31NO3S/c1-2-24-19-13-15-20(16-14-19)25(22,23)21(17-9-5-3-6-10-17)18-11-7-4-8-12-18/h13-18H,2-12H2,1H3. The SMILES string of the molecule is CCOc1ccc(S(=O)(=O)N(C2CCCCC2)C2CCCCC2)cc1. The smallest absolute Gasteiger partial charge is 0.243 e. The normalized spacial score (nSPS) is 20.7. The fourth-order valence-corrected chi connectivity index (χ4v) is 6.29. The molecule has 0 atom stereocenters. The van der Waals surface area contributed by atoms with Gasteiger partial charge in [0.2, 0.25) is 10.0 Å². The molecule has 0 amide bonds. The summed E-state index contributed by atoms with van der Waals surface area (Å²) < 4.78 is 34.3. The zero-order chi connectivity index (χ0) is 17.7. The van der Waals surface area contributed by atoms with Crippen LogP contribution in [0.25, 0.3) is 0 Å². The van der Waals surface area contributed by atoms with Gasteiger partial charge in [-0.2, -0.15) is 4.31 Å².